The predicted molar refractivity (Wildman–Crippen MR) is 113 cm³/mol. The number of ether oxygens (including phenoxy) is 2. The Balaban J connectivity index is 1.93. The molecule has 8 heteroatoms. The summed E-state index contributed by atoms with van der Waals surface area (Å²) in [6.45, 7) is 11.8. The first-order chi connectivity index (χ1) is 13.8. The largest absolute Gasteiger partial charge is 0.444 e. The van der Waals surface area contributed by atoms with E-state index in [-0.39, 0.29) is 24.2 Å². The maximum Gasteiger partial charge on any atom is 0.413 e. The van der Waals surface area contributed by atoms with E-state index >= 15 is 0 Å². The van der Waals surface area contributed by atoms with Crippen molar-refractivity contribution in [2.75, 3.05) is 18.4 Å². The molecule has 0 unspecified atom stereocenters. The Bertz CT molecular complexity index is 772. The zero-order valence-corrected chi connectivity index (χ0v) is 18.8. The van der Waals surface area contributed by atoms with Crippen molar-refractivity contribution in [3.8, 4) is 0 Å². The van der Waals surface area contributed by atoms with Crippen molar-refractivity contribution in [3.63, 3.8) is 0 Å². The topological polar surface area (TPSA) is 97.8 Å². The first kappa shape index (κ1) is 23.6. The molecular weight excluding hydrogens is 386 g/mol. The van der Waals surface area contributed by atoms with Crippen molar-refractivity contribution in [1.82, 2.24) is 9.88 Å². The van der Waals surface area contributed by atoms with Gasteiger partial charge in [0.2, 0.25) is 0 Å². The Morgan fingerprint density at radius 2 is 1.67 bits per heavy atom. The van der Waals surface area contributed by atoms with Crippen LogP contribution in [0, 0.1) is 5.92 Å². The van der Waals surface area contributed by atoms with E-state index in [1.807, 2.05) is 20.8 Å². The van der Waals surface area contributed by atoms with Gasteiger partial charge in [-0.15, -0.1) is 0 Å². The van der Waals surface area contributed by atoms with Crippen LogP contribution < -0.4 is 5.32 Å². The van der Waals surface area contributed by atoms with E-state index in [1.165, 1.54) is 0 Å². The lowest BCUT2D eigenvalue weighted by molar-refractivity contribution is -0.123. The molecule has 0 radical (unpaired) electrons. The molecule has 0 saturated carbocycles. The third kappa shape index (κ3) is 7.65. The molecule has 0 bridgehead atoms. The molecule has 1 N–H and O–H groups in total. The summed E-state index contributed by atoms with van der Waals surface area (Å²) in [5.41, 5.74) is -0.526. The average molecular weight is 420 g/mol. The van der Waals surface area contributed by atoms with Gasteiger partial charge in [-0.2, -0.15) is 0 Å². The number of likely N-dealkylation sites (tertiary alicyclic amines) is 1. The Morgan fingerprint density at radius 1 is 1.07 bits per heavy atom. The van der Waals surface area contributed by atoms with Gasteiger partial charge in [0.1, 0.15) is 22.8 Å². The monoisotopic (exact) mass is 419 g/mol. The normalized spacial score (nSPS) is 15.5. The molecule has 8 nitrogen and oxygen atoms in total. The summed E-state index contributed by atoms with van der Waals surface area (Å²) in [6, 6.07) is 3.50. The van der Waals surface area contributed by atoms with Crippen LogP contribution in [0.2, 0.25) is 0 Å². The molecule has 1 aromatic heterocycles. The van der Waals surface area contributed by atoms with Gasteiger partial charge in [0.15, 0.2) is 0 Å². The molecule has 166 valence electrons. The maximum absolute atomic E-state index is 12.8. The van der Waals surface area contributed by atoms with Crippen molar-refractivity contribution in [2.45, 2.75) is 72.0 Å². The minimum absolute atomic E-state index is 0.0686. The quantitative estimate of drug-likeness (QED) is 0.786. The van der Waals surface area contributed by atoms with Crippen LogP contribution in [-0.4, -0.2) is 52.1 Å². The second kappa shape index (κ2) is 9.45. The maximum atomic E-state index is 12.8. The van der Waals surface area contributed by atoms with Crippen molar-refractivity contribution >= 4 is 23.8 Å². The molecule has 1 aliphatic rings. The number of nitrogens with zero attached hydrogens (tertiary/aromatic N) is 2. The van der Waals surface area contributed by atoms with Crippen LogP contribution >= 0.6 is 0 Å². The van der Waals surface area contributed by atoms with E-state index < -0.39 is 17.3 Å². The van der Waals surface area contributed by atoms with Crippen molar-refractivity contribution in [1.29, 1.82) is 0 Å². The number of Topliss-reactive ketones (excluding diaryl/α,β-unsaturated/α-hetero) is 1. The van der Waals surface area contributed by atoms with Crippen LogP contribution in [0.15, 0.2) is 18.3 Å². The van der Waals surface area contributed by atoms with Gasteiger partial charge in [-0.25, -0.2) is 14.6 Å². The fourth-order valence-corrected chi connectivity index (χ4v) is 3.14. The molecule has 2 amide bonds. The summed E-state index contributed by atoms with van der Waals surface area (Å²) in [5.74, 6) is 0.253. The molecule has 2 heterocycles. The molecule has 1 aliphatic heterocycles. The Kier molecular flexibility index (Phi) is 7.44. The summed E-state index contributed by atoms with van der Waals surface area (Å²) in [7, 11) is 0. The molecule has 0 aliphatic carbocycles. The van der Waals surface area contributed by atoms with E-state index in [4.69, 9.17) is 9.47 Å². The number of nitrogens with one attached hydrogen (secondary N) is 1. The first-order valence-corrected chi connectivity index (χ1v) is 10.3. The molecule has 30 heavy (non-hydrogen) atoms. The second-order valence-electron chi connectivity index (χ2n) is 9.52. The number of hydrogen-bond acceptors (Lipinski definition) is 6. The third-order valence-corrected chi connectivity index (χ3v) is 4.48. The lowest BCUT2D eigenvalue weighted by atomic mass is 9.89. The molecule has 1 saturated heterocycles. The third-order valence-electron chi connectivity index (χ3n) is 4.48. The summed E-state index contributed by atoms with van der Waals surface area (Å²) in [6.07, 6.45) is 1.95. The standard InChI is InChI=1S/C22H33N3O5/c1-21(2,3)29-19(27)24-18-16(8-7-11-23-18)14-17(26)15-9-12-25(13-10-15)20(28)30-22(4,5)6/h7-8,11,15H,9-10,12-14H2,1-6H3,(H,23,24,27). The van der Waals surface area contributed by atoms with Crippen LogP contribution in [0.5, 0.6) is 0 Å². The number of carbonyl (C=O) groups excluding carboxylic acids is 3. The van der Waals surface area contributed by atoms with Gasteiger partial charge >= 0.3 is 12.2 Å². The van der Waals surface area contributed by atoms with Gasteiger partial charge in [-0.05, 0) is 60.5 Å². The highest BCUT2D eigenvalue weighted by Crippen LogP contribution is 2.23. The SMILES string of the molecule is CC(C)(C)OC(=O)Nc1ncccc1CC(=O)C1CCN(C(=O)OC(C)(C)C)CC1. The number of piperidine rings is 1. The molecule has 0 atom stereocenters. The lowest BCUT2D eigenvalue weighted by Crippen LogP contribution is -2.43. The number of rotatable bonds is 4. The number of hydrogen-bond donors (Lipinski definition) is 1. The van der Waals surface area contributed by atoms with Crippen molar-refractivity contribution < 1.29 is 23.9 Å². The molecule has 1 aromatic rings. The fourth-order valence-electron chi connectivity index (χ4n) is 3.14. The highest BCUT2D eigenvalue weighted by Gasteiger charge is 2.30. The van der Waals surface area contributed by atoms with Crippen LogP contribution in [0.1, 0.15) is 59.9 Å². The van der Waals surface area contributed by atoms with Crippen LogP contribution in [0.4, 0.5) is 15.4 Å². The molecule has 1 fully saturated rings. The minimum atomic E-state index is -0.628. The molecule has 2 rings (SSSR count). The van der Waals surface area contributed by atoms with Gasteiger partial charge in [0.25, 0.3) is 0 Å². The van der Waals surface area contributed by atoms with Gasteiger partial charge in [0.05, 0.1) is 0 Å². The summed E-state index contributed by atoms with van der Waals surface area (Å²) in [4.78, 5) is 42.9. The average Bonchev–Trinajstić information content (AvgIpc) is 2.60. The predicted octanol–water partition coefficient (Wildman–Crippen LogP) is 4.19. The zero-order chi connectivity index (χ0) is 22.5. The second-order valence-corrected chi connectivity index (χ2v) is 9.52. The summed E-state index contributed by atoms with van der Waals surface area (Å²) < 4.78 is 10.7. The van der Waals surface area contributed by atoms with Gasteiger partial charge in [-0.1, -0.05) is 6.07 Å². The number of anilines is 1. The number of aromatic nitrogens is 1. The van der Waals surface area contributed by atoms with Crippen LogP contribution in [0.25, 0.3) is 0 Å². The smallest absolute Gasteiger partial charge is 0.413 e. The Hall–Kier alpha value is -2.64. The van der Waals surface area contributed by atoms with Crippen LogP contribution in [-0.2, 0) is 20.7 Å². The number of ketones is 1. The van der Waals surface area contributed by atoms with Gasteiger partial charge in [0, 0.05) is 37.2 Å². The van der Waals surface area contributed by atoms with Crippen molar-refractivity contribution in [2.24, 2.45) is 5.92 Å². The van der Waals surface area contributed by atoms with Crippen LogP contribution in [0.3, 0.4) is 0 Å². The van der Waals surface area contributed by atoms with Gasteiger partial charge < -0.3 is 14.4 Å². The fraction of sp³-hybridized carbons (Fsp3) is 0.636. The van der Waals surface area contributed by atoms with E-state index in [2.05, 4.69) is 10.3 Å². The number of carbonyl (C=O) groups is 3. The molecular formula is C22H33N3O5. The van der Waals surface area contributed by atoms with E-state index in [0.29, 0.717) is 37.3 Å². The summed E-state index contributed by atoms with van der Waals surface area (Å²) in [5, 5.41) is 2.63. The highest BCUT2D eigenvalue weighted by atomic mass is 16.6. The number of pyridine rings is 1. The van der Waals surface area contributed by atoms with E-state index in [1.54, 1.807) is 44.0 Å². The summed E-state index contributed by atoms with van der Waals surface area (Å²) >= 11 is 0. The number of amides is 2. The lowest BCUT2D eigenvalue weighted by Gasteiger charge is -2.33. The zero-order valence-electron chi connectivity index (χ0n) is 18.8. The minimum Gasteiger partial charge on any atom is -0.444 e. The first-order valence-electron chi connectivity index (χ1n) is 10.3. The van der Waals surface area contributed by atoms with E-state index in [9.17, 15) is 14.4 Å². The van der Waals surface area contributed by atoms with E-state index in [0.717, 1.165) is 0 Å². The Morgan fingerprint density at radius 3 is 2.23 bits per heavy atom. The molecule has 0 aromatic carbocycles. The Labute approximate surface area is 178 Å². The highest BCUT2D eigenvalue weighted by molar-refractivity contribution is 5.88. The van der Waals surface area contributed by atoms with Crippen molar-refractivity contribution in [3.05, 3.63) is 23.9 Å². The molecule has 0 spiro atoms. The van der Waals surface area contributed by atoms with Gasteiger partial charge in [-0.3, -0.25) is 10.1 Å².